The molecule has 1 heterocycles. The molecule has 2 rings (SSSR count). The zero-order chi connectivity index (χ0) is 13.2. The molecule has 0 aliphatic carbocycles. The Morgan fingerprint density at radius 3 is 2.94 bits per heavy atom. The Labute approximate surface area is 108 Å². The number of carbonyl (C=O) groups excluding carboxylic acids is 1. The van der Waals surface area contributed by atoms with Crippen LogP contribution in [-0.4, -0.2) is 26.3 Å². The van der Waals surface area contributed by atoms with E-state index in [0.29, 0.717) is 13.2 Å². The quantitative estimate of drug-likeness (QED) is 0.615. The first-order valence-corrected chi connectivity index (χ1v) is 6.16. The third-order valence-corrected chi connectivity index (χ3v) is 3.33. The predicted molar refractivity (Wildman–Crippen MR) is 71.7 cm³/mol. The van der Waals surface area contributed by atoms with Crippen LogP contribution in [0.2, 0.25) is 0 Å². The van der Waals surface area contributed by atoms with Gasteiger partial charge in [0.25, 0.3) is 0 Å². The van der Waals surface area contributed by atoms with Crippen LogP contribution in [0.1, 0.15) is 25.0 Å². The van der Waals surface area contributed by atoms with Crippen LogP contribution in [-0.2, 0) is 21.4 Å². The van der Waals surface area contributed by atoms with Crippen LogP contribution in [0.5, 0.6) is 0 Å². The predicted octanol–water partition coefficient (Wildman–Crippen LogP) is 1.65. The molecule has 1 aromatic rings. The van der Waals surface area contributed by atoms with Gasteiger partial charge >= 0.3 is 0 Å². The third-order valence-electron chi connectivity index (χ3n) is 3.33. The molecule has 0 bridgehead atoms. The highest BCUT2D eigenvalue weighted by Gasteiger charge is 2.24. The zero-order valence-corrected chi connectivity index (χ0v) is 11.2. The summed E-state index contributed by atoms with van der Waals surface area (Å²) in [4.78, 5) is 11.3. The smallest absolute Gasteiger partial charge is 0.228 e. The molecule has 1 aromatic carbocycles. The molecule has 0 saturated heterocycles. The second-order valence-corrected chi connectivity index (χ2v) is 5.34. The number of carbonyl (C=O) groups is 1. The summed E-state index contributed by atoms with van der Waals surface area (Å²) in [7, 11) is 1.67. The summed E-state index contributed by atoms with van der Waals surface area (Å²) in [5.74, 6) is 0.0810. The Morgan fingerprint density at radius 1 is 1.44 bits per heavy atom. The Balaban J connectivity index is 2.13. The molecular weight excluding hydrogens is 228 g/mol. The van der Waals surface area contributed by atoms with Gasteiger partial charge in [0.05, 0.1) is 13.2 Å². The van der Waals surface area contributed by atoms with Crippen LogP contribution < -0.4 is 10.6 Å². The first-order valence-electron chi connectivity index (χ1n) is 6.16. The Bertz CT molecular complexity index is 455. The van der Waals surface area contributed by atoms with Crippen molar-refractivity contribution >= 4 is 11.6 Å². The van der Waals surface area contributed by atoms with Crippen molar-refractivity contribution in [2.45, 2.75) is 25.7 Å². The van der Waals surface area contributed by atoms with Crippen molar-refractivity contribution in [2.24, 2.45) is 0 Å². The van der Waals surface area contributed by atoms with E-state index in [2.05, 4.69) is 36.6 Å². The minimum atomic E-state index is 0.0131. The van der Waals surface area contributed by atoms with Gasteiger partial charge < -0.3 is 10.1 Å². The van der Waals surface area contributed by atoms with E-state index >= 15 is 0 Å². The minimum absolute atomic E-state index is 0.0131. The number of hydrogen-bond acceptors (Lipinski definition) is 3. The van der Waals surface area contributed by atoms with Crippen molar-refractivity contribution in [3.8, 4) is 0 Å². The Morgan fingerprint density at radius 2 is 2.22 bits per heavy atom. The van der Waals surface area contributed by atoms with Gasteiger partial charge in [-0.25, -0.2) is 0 Å². The lowest BCUT2D eigenvalue weighted by Gasteiger charge is -2.26. The van der Waals surface area contributed by atoms with Gasteiger partial charge in [0.15, 0.2) is 0 Å². The molecule has 1 aliphatic rings. The monoisotopic (exact) mass is 248 g/mol. The van der Waals surface area contributed by atoms with E-state index in [9.17, 15) is 4.79 Å². The molecule has 98 valence electrons. The lowest BCUT2D eigenvalue weighted by molar-refractivity contribution is -0.115. The summed E-state index contributed by atoms with van der Waals surface area (Å²) in [5.41, 5.74) is 3.29. The summed E-state index contributed by atoms with van der Waals surface area (Å²) in [6.07, 6.45) is 0.491. The van der Waals surface area contributed by atoms with Gasteiger partial charge in [0.1, 0.15) is 0 Å². The molecule has 0 radical (unpaired) electrons. The molecule has 0 atom stereocenters. The van der Waals surface area contributed by atoms with Crippen LogP contribution in [0.25, 0.3) is 0 Å². The molecule has 1 aliphatic heterocycles. The zero-order valence-electron chi connectivity index (χ0n) is 11.2. The highest BCUT2D eigenvalue weighted by atomic mass is 16.5. The number of methoxy groups -OCH3 is 1. The van der Waals surface area contributed by atoms with E-state index in [1.54, 1.807) is 7.11 Å². The number of hydrogen-bond donors (Lipinski definition) is 2. The molecule has 18 heavy (non-hydrogen) atoms. The third kappa shape index (κ3) is 2.71. The van der Waals surface area contributed by atoms with E-state index in [4.69, 9.17) is 4.74 Å². The van der Waals surface area contributed by atoms with Crippen LogP contribution in [0, 0.1) is 0 Å². The van der Waals surface area contributed by atoms with E-state index in [1.807, 2.05) is 6.07 Å². The maximum atomic E-state index is 11.3. The standard InChI is InChI=1S/C14H20N2O2/c1-14(2,8-15-9-18-3)11-4-5-12-10(6-11)7-13(17)16-12/h4-6,15H,7-9H2,1-3H3,(H,16,17). The van der Waals surface area contributed by atoms with Gasteiger partial charge in [-0.1, -0.05) is 26.0 Å². The molecular formula is C14H20N2O2. The highest BCUT2D eigenvalue weighted by molar-refractivity contribution is 5.99. The normalized spacial score (nSPS) is 14.5. The fourth-order valence-corrected chi connectivity index (χ4v) is 2.22. The van der Waals surface area contributed by atoms with E-state index in [1.165, 1.54) is 5.56 Å². The molecule has 0 aromatic heterocycles. The largest absolute Gasteiger partial charge is 0.370 e. The fraction of sp³-hybridized carbons (Fsp3) is 0.500. The topological polar surface area (TPSA) is 50.4 Å². The van der Waals surface area contributed by atoms with Crippen molar-refractivity contribution < 1.29 is 9.53 Å². The van der Waals surface area contributed by atoms with Crippen LogP contribution in [0.4, 0.5) is 5.69 Å². The lowest BCUT2D eigenvalue weighted by Crippen LogP contribution is -2.34. The highest BCUT2D eigenvalue weighted by Crippen LogP contribution is 2.29. The molecule has 0 saturated carbocycles. The molecule has 0 fully saturated rings. The molecule has 0 spiro atoms. The molecule has 2 N–H and O–H groups in total. The number of amides is 1. The number of nitrogens with one attached hydrogen (secondary N) is 2. The Kier molecular flexibility index (Phi) is 3.68. The summed E-state index contributed by atoms with van der Waals surface area (Å²) >= 11 is 0. The van der Waals surface area contributed by atoms with Crippen molar-refractivity contribution in [1.82, 2.24) is 5.32 Å². The van der Waals surface area contributed by atoms with Crippen molar-refractivity contribution in [1.29, 1.82) is 0 Å². The fourth-order valence-electron chi connectivity index (χ4n) is 2.22. The van der Waals surface area contributed by atoms with Gasteiger partial charge in [-0.15, -0.1) is 0 Å². The maximum absolute atomic E-state index is 11.3. The van der Waals surface area contributed by atoms with Gasteiger partial charge in [-0.3, -0.25) is 10.1 Å². The number of benzene rings is 1. The van der Waals surface area contributed by atoms with Crippen molar-refractivity contribution in [2.75, 3.05) is 25.7 Å². The summed E-state index contributed by atoms with van der Waals surface area (Å²) < 4.78 is 5.00. The second kappa shape index (κ2) is 5.08. The first kappa shape index (κ1) is 13.1. The minimum Gasteiger partial charge on any atom is -0.370 e. The van der Waals surface area contributed by atoms with E-state index in [-0.39, 0.29) is 11.3 Å². The van der Waals surface area contributed by atoms with Gasteiger partial charge in [-0.2, -0.15) is 0 Å². The van der Waals surface area contributed by atoms with Crippen molar-refractivity contribution in [3.63, 3.8) is 0 Å². The van der Waals surface area contributed by atoms with Crippen molar-refractivity contribution in [3.05, 3.63) is 29.3 Å². The van der Waals surface area contributed by atoms with E-state index < -0.39 is 0 Å². The molecule has 4 nitrogen and oxygen atoms in total. The number of fused-ring (bicyclic) bond motifs is 1. The van der Waals surface area contributed by atoms with Crippen LogP contribution in [0.3, 0.4) is 0 Å². The summed E-state index contributed by atoms with van der Waals surface area (Å²) in [6.45, 7) is 5.75. The van der Waals surface area contributed by atoms with E-state index in [0.717, 1.165) is 17.8 Å². The number of anilines is 1. The first-order chi connectivity index (χ1) is 8.53. The molecule has 1 amide bonds. The molecule has 4 heteroatoms. The SMILES string of the molecule is COCNCC(C)(C)c1ccc2c(c1)CC(=O)N2. The second-order valence-electron chi connectivity index (χ2n) is 5.34. The average Bonchev–Trinajstić information content (AvgIpc) is 2.68. The number of ether oxygens (including phenoxy) is 1. The Hall–Kier alpha value is -1.39. The van der Waals surface area contributed by atoms with Crippen LogP contribution in [0.15, 0.2) is 18.2 Å². The lowest BCUT2D eigenvalue weighted by atomic mass is 9.83. The number of rotatable bonds is 5. The molecule has 0 unspecified atom stereocenters. The van der Waals surface area contributed by atoms with Crippen LogP contribution >= 0.6 is 0 Å². The maximum Gasteiger partial charge on any atom is 0.228 e. The van der Waals surface area contributed by atoms with Gasteiger partial charge in [-0.05, 0) is 17.2 Å². The summed E-state index contributed by atoms with van der Waals surface area (Å²) in [6, 6.07) is 6.20. The average molecular weight is 248 g/mol. The van der Waals surface area contributed by atoms with Gasteiger partial charge in [0, 0.05) is 24.8 Å². The van der Waals surface area contributed by atoms with Gasteiger partial charge in [0.2, 0.25) is 5.91 Å². The summed E-state index contributed by atoms with van der Waals surface area (Å²) in [5, 5.41) is 6.10.